The van der Waals surface area contributed by atoms with Crippen LogP contribution in [0.25, 0.3) is 0 Å². The second kappa shape index (κ2) is 7.14. The number of carbonyl (C=O) groups excluding carboxylic acids is 2. The van der Waals surface area contributed by atoms with Crippen molar-refractivity contribution in [2.24, 2.45) is 5.92 Å². The Labute approximate surface area is 124 Å². The van der Waals surface area contributed by atoms with Gasteiger partial charge in [0.2, 0.25) is 0 Å². The highest BCUT2D eigenvalue weighted by atomic mass is 35.5. The van der Waals surface area contributed by atoms with Crippen molar-refractivity contribution in [3.63, 3.8) is 0 Å². The third-order valence-electron chi connectivity index (χ3n) is 3.06. The molecule has 0 fully saturated rings. The molecule has 1 aromatic rings. The molecule has 0 heterocycles. The Kier molecular flexibility index (Phi) is 5.82. The number of halogens is 1. The molecule has 0 bridgehead atoms. The quantitative estimate of drug-likeness (QED) is 0.800. The summed E-state index contributed by atoms with van der Waals surface area (Å²) in [7, 11) is 1.54. The van der Waals surface area contributed by atoms with E-state index in [0.717, 1.165) is 0 Å². The van der Waals surface area contributed by atoms with Crippen LogP contribution in [0.4, 0.5) is 10.5 Å². The van der Waals surface area contributed by atoms with E-state index in [0.29, 0.717) is 22.2 Å². The summed E-state index contributed by atoms with van der Waals surface area (Å²) in [5, 5.41) is 8.36. The zero-order chi connectivity index (χ0) is 15.3. The Morgan fingerprint density at radius 1 is 1.20 bits per heavy atom. The zero-order valence-corrected chi connectivity index (χ0v) is 12.8. The third kappa shape index (κ3) is 4.42. The summed E-state index contributed by atoms with van der Waals surface area (Å²) >= 11 is 6.01. The van der Waals surface area contributed by atoms with Gasteiger partial charge < -0.3 is 16.0 Å². The predicted octanol–water partition coefficient (Wildman–Crippen LogP) is 2.87. The normalized spacial score (nSPS) is 11.9. The van der Waals surface area contributed by atoms with Gasteiger partial charge in [0.1, 0.15) is 0 Å². The first kappa shape index (κ1) is 16.3. The number of anilines is 1. The molecule has 0 saturated heterocycles. The van der Waals surface area contributed by atoms with Crippen LogP contribution in [0.15, 0.2) is 18.2 Å². The molecule has 1 aromatic carbocycles. The highest BCUT2D eigenvalue weighted by molar-refractivity contribution is 6.33. The Morgan fingerprint density at radius 3 is 2.40 bits per heavy atom. The second-order valence-corrected chi connectivity index (χ2v) is 5.31. The van der Waals surface area contributed by atoms with Crippen molar-refractivity contribution < 1.29 is 9.59 Å². The molecule has 0 aliphatic rings. The van der Waals surface area contributed by atoms with Crippen LogP contribution in [0.5, 0.6) is 0 Å². The number of nitrogens with one attached hydrogen (secondary N) is 3. The molecule has 0 aliphatic carbocycles. The Bertz CT molecular complexity index is 503. The van der Waals surface area contributed by atoms with Gasteiger partial charge in [-0.2, -0.15) is 0 Å². The van der Waals surface area contributed by atoms with E-state index in [-0.39, 0.29) is 18.0 Å². The van der Waals surface area contributed by atoms with Crippen LogP contribution < -0.4 is 16.0 Å². The highest BCUT2D eigenvalue weighted by Crippen LogP contribution is 2.23. The molecule has 3 amide bonds. The molecule has 0 aromatic heterocycles. The molecule has 6 heteroatoms. The number of carbonyl (C=O) groups is 2. The number of benzene rings is 1. The van der Waals surface area contributed by atoms with E-state index in [1.54, 1.807) is 25.2 Å². The minimum atomic E-state index is -0.345. The predicted molar refractivity (Wildman–Crippen MR) is 81.3 cm³/mol. The number of amides is 3. The van der Waals surface area contributed by atoms with Crippen molar-refractivity contribution in [2.75, 3.05) is 12.4 Å². The van der Waals surface area contributed by atoms with Gasteiger partial charge in [-0.25, -0.2) is 4.79 Å². The van der Waals surface area contributed by atoms with Gasteiger partial charge >= 0.3 is 6.03 Å². The summed E-state index contributed by atoms with van der Waals surface area (Å²) in [5.41, 5.74) is 0.838. The van der Waals surface area contributed by atoms with Crippen LogP contribution >= 0.6 is 11.6 Å². The monoisotopic (exact) mass is 297 g/mol. The molecular weight excluding hydrogens is 278 g/mol. The van der Waals surface area contributed by atoms with E-state index in [1.807, 2.05) is 20.8 Å². The van der Waals surface area contributed by atoms with Crippen molar-refractivity contribution in [1.29, 1.82) is 0 Å². The van der Waals surface area contributed by atoms with Gasteiger partial charge in [0, 0.05) is 18.7 Å². The lowest BCUT2D eigenvalue weighted by atomic mass is 10.1. The van der Waals surface area contributed by atoms with E-state index in [4.69, 9.17) is 11.6 Å². The van der Waals surface area contributed by atoms with E-state index in [2.05, 4.69) is 16.0 Å². The van der Waals surface area contributed by atoms with E-state index in [9.17, 15) is 9.59 Å². The minimum Gasteiger partial charge on any atom is -0.355 e. The average molecular weight is 298 g/mol. The molecule has 1 atom stereocenters. The molecule has 0 unspecified atom stereocenters. The maximum absolute atomic E-state index is 11.8. The molecule has 1 rings (SSSR count). The van der Waals surface area contributed by atoms with Gasteiger partial charge in [0.25, 0.3) is 5.91 Å². The SMILES string of the molecule is CNC(=O)c1ccc(Cl)c(NC(=O)N[C@H](C)C(C)C)c1. The van der Waals surface area contributed by atoms with E-state index < -0.39 is 0 Å². The Hall–Kier alpha value is -1.75. The van der Waals surface area contributed by atoms with Gasteiger partial charge in [-0.1, -0.05) is 25.4 Å². The maximum atomic E-state index is 11.8. The standard InChI is InChI=1S/C14H20ClN3O2/c1-8(2)9(3)17-14(20)18-12-7-10(13(19)16-4)5-6-11(12)15/h5-9H,1-4H3,(H,16,19)(H2,17,18,20)/t9-/m1/s1. The van der Waals surface area contributed by atoms with Gasteiger partial charge in [0.05, 0.1) is 10.7 Å². The molecule has 3 N–H and O–H groups in total. The average Bonchev–Trinajstić information content (AvgIpc) is 2.40. The van der Waals surface area contributed by atoms with Crippen LogP contribution in [0, 0.1) is 5.92 Å². The highest BCUT2D eigenvalue weighted by Gasteiger charge is 2.13. The number of hydrogen-bond acceptors (Lipinski definition) is 2. The number of rotatable bonds is 4. The van der Waals surface area contributed by atoms with Crippen molar-refractivity contribution in [3.05, 3.63) is 28.8 Å². The van der Waals surface area contributed by atoms with E-state index in [1.165, 1.54) is 0 Å². The number of hydrogen-bond donors (Lipinski definition) is 3. The van der Waals surface area contributed by atoms with Gasteiger partial charge in [-0.15, -0.1) is 0 Å². The van der Waals surface area contributed by atoms with Crippen LogP contribution in [-0.2, 0) is 0 Å². The first-order valence-corrected chi connectivity index (χ1v) is 6.82. The summed E-state index contributed by atoms with van der Waals surface area (Å²) in [5.74, 6) is 0.0918. The molecule has 0 radical (unpaired) electrons. The Morgan fingerprint density at radius 2 is 1.85 bits per heavy atom. The van der Waals surface area contributed by atoms with Crippen LogP contribution in [0.2, 0.25) is 5.02 Å². The first-order chi connectivity index (χ1) is 9.35. The molecule has 20 heavy (non-hydrogen) atoms. The Balaban J connectivity index is 2.81. The van der Waals surface area contributed by atoms with Crippen molar-refractivity contribution >= 4 is 29.2 Å². The number of urea groups is 1. The lowest BCUT2D eigenvalue weighted by Crippen LogP contribution is -2.39. The summed E-state index contributed by atoms with van der Waals surface area (Å²) < 4.78 is 0. The van der Waals surface area contributed by atoms with Crippen LogP contribution in [0.3, 0.4) is 0 Å². The largest absolute Gasteiger partial charge is 0.355 e. The summed E-state index contributed by atoms with van der Waals surface area (Å²) in [6.45, 7) is 5.96. The molecule has 0 saturated carbocycles. The van der Waals surface area contributed by atoms with Gasteiger partial charge in [0.15, 0.2) is 0 Å². The second-order valence-electron chi connectivity index (χ2n) is 4.90. The molecular formula is C14H20ClN3O2. The summed E-state index contributed by atoms with van der Waals surface area (Å²) in [4.78, 5) is 23.4. The van der Waals surface area contributed by atoms with Gasteiger partial charge in [-0.3, -0.25) is 4.79 Å². The zero-order valence-electron chi connectivity index (χ0n) is 12.1. The fourth-order valence-electron chi connectivity index (χ4n) is 1.44. The van der Waals surface area contributed by atoms with Crippen LogP contribution in [-0.4, -0.2) is 25.0 Å². The maximum Gasteiger partial charge on any atom is 0.319 e. The summed E-state index contributed by atoms with van der Waals surface area (Å²) in [6.07, 6.45) is 0. The van der Waals surface area contributed by atoms with Gasteiger partial charge in [-0.05, 0) is 31.0 Å². The lowest BCUT2D eigenvalue weighted by Gasteiger charge is -2.18. The topological polar surface area (TPSA) is 70.2 Å². The summed E-state index contributed by atoms with van der Waals surface area (Å²) in [6, 6.07) is 4.41. The third-order valence-corrected chi connectivity index (χ3v) is 3.39. The fourth-order valence-corrected chi connectivity index (χ4v) is 1.60. The lowest BCUT2D eigenvalue weighted by molar-refractivity contribution is 0.0963. The van der Waals surface area contributed by atoms with Crippen LogP contribution in [0.1, 0.15) is 31.1 Å². The molecule has 0 aliphatic heterocycles. The molecule has 110 valence electrons. The van der Waals surface area contributed by atoms with Crippen molar-refractivity contribution in [3.8, 4) is 0 Å². The fraction of sp³-hybridized carbons (Fsp3) is 0.429. The molecule has 0 spiro atoms. The minimum absolute atomic E-state index is 0.0379. The first-order valence-electron chi connectivity index (χ1n) is 6.44. The smallest absolute Gasteiger partial charge is 0.319 e. The molecule has 5 nitrogen and oxygen atoms in total. The van der Waals surface area contributed by atoms with E-state index >= 15 is 0 Å². The van der Waals surface area contributed by atoms with Crippen molar-refractivity contribution in [1.82, 2.24) is 10.6 Å². The van der Waals surface area contributed by atoms with Crippen molar-refractivity contribution in [2.45, 2.75) is 26.8 Å².